The molecule has 0 spiro atoms. The van der Waals surface area contributed by atoms with Gasteiger partial charge in [0.25, 0.3) is 5.91 Å². The van der Waals surface area contributed by atoms with E-state index in [4.69, 9.17) is 14.2 Å². The van der Waals surface area contributed by atoms with E-state index in [-0.39, 0.29) is 16.9 Å². The van der Waals surface area contributed by atoms with E-state index >= 15 is 0 Å². The Morgan fingerprint density at radius 2 is 1.96 bits per heavy atom. The normalized spacial score (nSPS) is 20.6. The zero-order valence-electron chi connectivity index (χ0n) is 14.3. The molecule has 0 saturated carbocycles. The predicted octanol–water partition coefficient (Wildman–Crippen LogP) is 2.23. The summed E-state index contributed by atoms with van der Waals surface area (Å²) in [5.41, 5.74) is 1.41. The van der Waals surface area contributed by atoms with Gasteiger partial charge in [0.1, 0.15) is 5.75 Å². The third kappa shape index (κ3) is 2.62. The first-order valence-corrected chi connectivity index (χ1v) is 8.01. The molecule has 3 rings (SSSR count). The van der Waals surface area contributed by atoms with Crippen molar-refractivity contribution in [3.8, 4) is 5.75 Å². The highest BCUT2D eigenvalue weighted by atomic mass is 16.5. The van der Waals surface area contributed by atoms with E-state index in [2.05, 4.69) is 13.8 Å². The summed E-state index contributed by atoms with van der Waals surface area (Å²) >= 11 is 0. The smallest absolute Gasteiger partial charge is 0.254 e. The van der Waals surface area contributed by atoms with Crippen LogP contribution in [0.2, 0.25) is 0 Å². The highest BCUT2D eigenvalue weighted by molar-refractivity contribution is 5.96. The number of nitrogens with zero attached hydrogens (tertiary/aromatic N) is 1. The van der Waals surface area contributed by atoms with E-state index in [1.54, 1.807) is 14.2 Å². The second kappa shape index (κ2) is 5.80. The maximum absolute atomic E-state index is 13.0. The van der Waals surface area contributed by atoms with Crippen LogP contribution < -0.4 is 4.74 Å². The van der Waals surface area contributed by atoms with Crippen molar-refractivity contribution in [2.45, 2.75) is 31.2 Å². The summed E-state index contributed by atoms with van der Waals surface area (Å²) in [7, 11) is 3.32. The SMILES string of the molecule is COCC1(COC)CCN1C(=O)c1ccc2c(c1)C(C)(C)CO2. The Hall–Kier alpha value is -1.59. The zero-order valence-corrected chi connectivity index (χ0v) is 14.3. The van der Waals surface area contributed by atoms with Crippen molar-refractivity contribution in [3.63, 3.8) is 0 Å². The molecule has 0 atom stereocenters. The Bertz CT molecular complexity index is 605. The Morgan fingerprint density at radius 1 is 1.26 bits per heavy atom. The lowest BCUT2D eigenvalue weighted by Crippen LogP contribution is -2.66. The Morgan fingerprint density at radius 3 is 2.52 bits per heavy atom. The molecule has 126 valence electrons. The van der Waals surface area contributed by atoms with Crippen molar-refractivity contribution in [2.24, 2.45) is 0 Å². The highest BCUT2D eigenvalue weighted by Gasteiger charge is 2.48. The van der Waals surface area contributed by atoms with Gasteiger partial charge in [-0.1, -0.05) is 13.8 Å². The van der Waals surface area contributed by atoms with E-state index in [9.17, 15) is 4.79 Å². The van der Waals surface area contributed by atoms with Crippen LogP contribution >= 0.6 is 0 Å². The van der Waals surface area contributed by atoms with Crippen LogP contribution in [0.5, 0.6) is 5.75 Å². The summed E-state index contributed by atoms with van der Waals surface area (Å²) in [5, 5.41) is 0. The fourth-order valence-corrected chi connectivity index (χ4v) is 3.55. The van der Waals surface area contributed by atoms with Crippen molar-refractivity contribution < 1.29 is 19.0 Å². The van der Waals surface area contributed by atoms with Crippen LogP contribution in [0.4, 0.5) is 0 Å². The number of benzene rings is 1. The number of carbonyl (C=O) groups excluding carboxylic acids is 1. The van der Waals surface area contributed by atoms with Crippen molar-refractivity contribution >= 4 is 5.91 Å². The van der Waals surface area contributed by atoms with Crippen molar-refractivity contribution in [3.05, 3.63) is 29.3 Å². The first-order valence-electron chi connectivity index (χ1n) is 8.01. The molecule has 5 nitrogen and oxygen atoms in total. The summed E-state index contributed by atoms with van der Waals surface area (Å²) in [5.74, 6) is 0.922. The van der Waals surface area contributed by atoms with Crippen molar-refractivity contribution in [1.29, 1.82) is 0 Å². The maximum atomic E-state index is 13.0. The van der Waals surface area contributed by atoms with Crippen LogP contribution in [-0.4, -0.2) is 56.9 Å². The lowest BCUT2D eigenvalue weighted by atomic mass is 9.83. The van der Waals surface area contributed by atoms with Gasteiger partial charge >= 0.3 is 0 Å². The van der Waals surface area contributed by atoms with Gasteiger partial charge in [-0.25, -0.2) is 0 Å². The van der Waals surface area contributed by atoms with Gasteiger partial charge in [0.2, 0.25) is 0 Å². The quantitative estimate of drug-likeness (QED) is 0.835. The number of amides is 1. The van der Waals surface area contributed by atoms with Crippen LogP contribution in [0.25, 0.3) is 0 Å². The number of ether oxygens (including phenoxy) is 3. The third-order valence-corrected chi connectivity index (χ3v) is 4.99. The number of hydrogen-bond acceptors (Lipinski definition) is 4. The molecule has 1 saturated heterocycles. The largest absolute Gasteiger partial charge is 0.492 e. The van der Waals surface area contributed by atoms with Crippen LogP contribution in [0.3, 0.4) is 0 Å². The van der Waals surface area contributed by atoms with Crippen LogP contribution in [0.15, 0.2) is 18.2 Å². The average Bonchev–Trinajstić information content (AvgIpc) is 2.81. The van der Waals surface area contributed by atoms with Gasteiger partial charge in [-0.3, -0.25) is 4.79 Å². The predicted molar refractivity (Wildman–Crippen MR) is 87.1 cm³/mol. The number of methoxy groups -OCH3 is 2. The fraction of sp³-hybridized carbons (Fsp3) is 0.611. The molecule has 23 heavy (non-hydrogen) atoms. The minimum Gasteiger partial charge on any atom is -0.492 e. The minimum atomic E-state index is -0.342. The van der Waals surface area contributed by atoms with Gasteiger partial charge < -0.3 is 19.1 Å². The van der Waals surface area contributed by atoms with E-state index in [0.29, 0.717) is 25.4 Å². The van der Waals surface area contributed by atoms with Gasteiger partial charge in [-0.05, 0) is 24.6 Å². The zero-order chi connectivity index (χ0) is 16.7. The molecule has 0 unspecified atom stereocenters. The molecular weight excluding hydrogens is 294 g/mol. The van der Waals surface area contributed by atoms with E-state index in [0.717, 1.165) is 24.3 Å². The first kappa shape index (κ1) is 16.3. The minimum absolute atomic E-state index is 0.0378. The number of likely N-dealkylation sites (tertiary alicyclic amines) is 1. The average molecular weight is 319 g/mol. The number of hydrogen-bond donors (Lipinski definition) is 0. The van der Waals surface area contributed by atoms with E-state index in [1.165, 1.54) is 0 Å². The summed E-state index contributed by atoms with van der Waals surface area (Å²) in [6, 6.07) is 5.74. The van der Waals surface area contributed by atoms with Gasteiger partial charge in [-0.2, -0.15) is 0 Å². The Kier molecular flexibility index (Phi) is 4.10. The molecule has 2 aliphatic heterocycles. The first-order chi connectivity index (χ1) is 10.9. The van der Waals surface area contributed by atoms with Crippen molar-refractivity contribution in [2.75, 3.05) is 40.6 Å². The molecule has 0 aromatic heterocycles. The second-order valence-corrected chi connectivity index (χ2v) is 7.18. The molecule has 0 aliphatic carbocycles. The molecular formula is C18H25NO4. The molecule has 1 aromatic carbocycles. The van der Waals surface area contributed by atoms with E-state index < -0.39 is 0 Å². The molecule has 0 bridgehead atoms. The number of rotatable bonds is 5. The fourth-order valence-electron chi connectivity index (χ4n) is 3.55. The van der Waals surface area contributed by atoms with Crippen LogP contribution in [0, 0.1) is 0 Å². The molecule has 1 amide bonds. The maximum Gasteiger partial charge on any atom is 0.254 e. The summed E-state index contributed by atoms with van der Waals surface area (Å²) in [4.78, 5) is 14.9. The van der Waals surface area contributed by atoms with Crippen LogP contribution in [-0.2, 0) is 14.9 Å². The summed E-state index contributed by atoms with van der Waals surface area (Å²) in [6.45, 7) is 6.65. The lowest BCUT2D eigenvalue weighted by molar-refractivity contribution is -0.0815. The molecule has 0 radical (unpaired) electrons. The topological polar surface area (TPSA) is 48.0 Å². The Balaban J connectivity index is 1.87. The lowest BCUT2D eigenvalue weighted by Gasteiger charge is -2.52. The molecule has 2 aliphatic rings. The van der Waals surface area contributed by atoms with Crippen molar-refractivity contribution in [1.82, 2.24) is 4.90 Å². The van der Waals surface area contributed by atoms with E-state index in [1.807, 2.05) is 23.1 Å². The molecule has 5 heteroatoms. The molecule has 0 N–H and O–H groups in total. The van der Waals surface area contributed by atoms with Gasteiger partial charge in [0.15, 0.2) is 0 Å². The van der Waals surface area contributed by atoms with Gasteiger partial charge in [0.05, 0.1) is 25.4 Å². The summed E-state index contributed by atoms with van der Waals surface area (Å²) < 4.78 is 16.4. The Labute approximate surface area is 137 Å². The molecule has 1 fully saturated rings. The van der Waals surface area contributed by atoms with Gasteiger partial charge in [0, 0.05) is 37.3 Å². The monoisotopic (exact) mass is 319 g/mol. The second-order valence-electron chi connectivity index (χ2n) is 7.18. The highest BCUT2D eigenvalue weighted by Crippen LogP contribution is 2.40. The number of fused-ring (bicyclic) bond motifs is 1. The van der Waals surface area contributed by atoms with Gasteiger partial charge in [-0.15, -0.1) is 0 Å². The number of carbonyl (C=O) groups is 1. The third-order valence-electron chi connectivity index (χ3n) is 4.99. The molecule has 2 heterocycles. The van der Waals surface area contributed by atoms with Crippen LogP contribution in [0.1, 0.15) is 36.2 Å². The molecule has 1 aromatic rings. The standard InChI is InChI=1S/C18H25NO4/c1-17(2)10-23-15-6-5-13(9-14(15)17)16(20)19-8-7-18(19,11-21-3)12-22-4/h5-6,9H,7-8,10-12H2,1-4H3. The summed E-state index contributed by atoms with van der Waals surface area (Å²) in [6.07, 6.45) is 0.903.